The number of thioether (sulfide) groups is 1. The fraction of sp³-hybridized carbons (Fsp3) is 0.222. The molecule has 0 saturated heterocycles. The van der Waals surface area contributed by atoms with Gasteiger partial charge in [-0.2, -0.15) is 0 Å². The van der Waals surface area contributed by atoms with E-state index in [4.69, 9.17) is 23.4 Å². The van der Waals surface area contributed by atoms with Gasteiger partial charge in [0, 0.05) is 15.8 Å². The minimum absolute atomic E-state index is 0.230. The van der Waals surface area contributed by atoms with E-state index in [1.54, 1.807) is 0 Å². The summed E-state index contributed by atoms with van der Waals surface area (Å²) < 4.78 is 28.7. The molecule has 2 aliphatic rings. The molecule has 0 N–H and O–H groups in total. The van der Waals surface area contributed by atoms with Gasteiger partial charge < -0.3 is 23.4 Å². The van der Waals surface area contributed by atoms with Crippen LogP contribution in [0.1, 0.15) is 5.56 Å². The first kappa shape index (κ1) is 16.8. The predicted octanol–water partition coefficient (Wildman–Crippen LogP) is 4.29. The molecule has 3 heterocycles. The second kappa shape index (κ2) is 6.97. The van der Waals surface area contributed by atoms with Crippen LogP contribution < -0.4 is 18.9 Å². The van der Waals surface area contributed by atoms with Gasteiger partial charge in [0.15, 0.2) is 23.0 Å². The van der Waals surface area contributed by atoms with Gasteiger partial charge in [-0.1, -0.05) is 27.7 Å². The summed E-state index contributed by atoms with van der Waals surface area (Å²) in [7, 11) is 0. The van der Waals surface area contributed by atoms with Crippen molar-refractivity contribution in [2.24, 2.45) is 0 Å². The van der Waals surface area contributed by atoms with E-state index in [1.165, 1.54) is 11.8 Å². The Labute approximate surface area is 167 Å². The third-order valence-corrected chi connectivity index (χ3v) is 5.69. The van der Waals surface area contributed by atoms with Crippen molar-refractivity contribution in [1.29, 1.82) is 0 Å². The minimum atomic E-state index is 0.230. The van der Waals surface area contributed by atoms with E-state index in [0.29, 0.717) is 35.8 Å². The van der Waals surface area contributed by atoms with E-state index in [1.807, 2.05) is 30.3 Å². The zero-order valence-corrected chi connectivity index (χ0v) is 16.3. The van der Waals surface area contributed by atoms with Crippen LogP contribution in [-0.4, -0.2) is 30.2 Å². The molecule has 1 aromatic heterocycles. The maximum Gasteiger partial charge on any atom is 0.277 e. The van der Waals surface area contributed by atoms with Crippen LogP contribution >= 0.6 is 27.7 Å². The lowest BCUT2D eigenvalue weighted by Gasteiger charge is -2.19. The average Bonchev–Trinajstić information content (AvgIpc) is 3.35. The van der Waals surface area contributed by atoms with E-state index < -0.39 is 0 Å². The van der Waals surface area contributed by atoms with Crippen molar-refractivity contribution < 1.29 is 23.4 Å². The summed E-state index contributed by atoms with van der Waals surface area (Å²) in [5, 5.41) is 8.74. The molecule has 2 aromatic carbocycles. The standard InChI is InChI=1S/C18H13BrN2O5S/c19-12-7-16-15(22-3-4-23-16)6-11(12)8-27-18-21-20-17(26-18)10-1-2-13-14(5-10)25-9-24-13/h1-2,5-7H,3-4,8-9H2. The van der Waals surface area contributed by atoms with Crippen molar-refractivity contribution >= 4 is 27.7 Å². The van der Waals surface area contributed by atoms with Crippen molar-refractivity contribution in [1.82, 2.24) is 10.2 Å². The van der Waals surface area contributed by atoms with Gasteiger partial charge in [-0.25, -0.2) is 0 Å². The molecule has 3 aromatic rings. The molecule has 0 fully saturated rings. The summed E-state index contributed by atoms with van der Waals surface area (Å²) in [6, 6.07) is 9.44. The zero-order chi connectivity index (χ0) is 18.2. The lowest BCUT2D eigenvalue weighted by atomic mass is 10.2. The number of aromatic nitrogens is 2. The topological polar surface area (TPSA) is 75.8 Å². The van der Waals surface area contributed by atoms with Gasteiger partial charge in [-0.3, -0.25) is 0 Å². The highest BCUT2D eigenvalue weighted by atomic mass is 79.9. The van der Waals surface area contributed by atoms with Crippen LogP contribution in [0.3, 0.4) is 0 Å². The summed E-state index contributed by atoms with van der Waals surface area (Å²) in [5.74, 6) is 4.00. The minimum Gasteiger partial charge on any atom is -0.486 e. The molecule has 5 rings (SSSR count). The predicted molar refractivity (Wildman–Crippen MR) is 101 cm³/mol. The molecule has 0 amide bonds. The van der Waals surface area contributed by atoms with E-state index in [9.17, 15) is 0 Å². The molecule has 0 atom stereocenters. The van der Waals surface area contributed by atoms with Crippen LogP contribution in [0.2, 0.25) is 0 Å². The Morgan fingerprint density at radius 1 is 0.889 bits per heavy atom. The number of nitrogens with zero attached hydrogens (tertiary/aromatic N) is 2. The smallest absolute Gasteiger partial charge is 0.277 e. The number of hydrogen-bond donors (Lipinski definition) is 0. The quantitative estimate of drug-likeness (QED) is 0.547. The molecule has 0 aliphatic carbocycles. The van der Waals surface area contributed by atoms with Crippen LogP contribution in [0.4, 0.5) is 0 Å². The van der Waals surface area contributed by atoms with Crippen LogP contribution in [-0.2, 0) is 5.75 Å². The summed E-state index contributed by atoms with van der Waals surface area (Å²) >= 11 is 5.03. The molecule has 138 valence electrons. The third kappa shape index (κ3) is 3.32. The molecule has 2 aliphatic heterocycles. The van der Waals surface area contributed by atoms with Crippen molar-refractivity contribution in [3.8, 4) is 34.5 Å². The Kier molecular flexibility index (Phi) is 4.33. The molecular formula is C18H13BrN2O5S. The number of halogens is 1. The number of ether oxygens (including phenoxy) is 4. The largest absolute Gasteiger partial charge is 0.486 e. The van der Waals surface area contributed by atoms with Gasteiger partial charge in [-0.05, 0) is 35.9 Å². The van der Waals surface area contributed by atoms with Gasteiger partial charge in [0.2, 0.25) is 12.7 Å². The highest BCUT2D eigenvalue weighted by molar-refractivity contribution is 9.10. The van der Waals surface area contributed by atoms with Crippen molar-refractivity contribution in [2.75, 3.05) is 20.0 Å². The van der Waals surface area contributed by atoms with Crippen molar-refractivity contribution in [2.45, 2.75) is 11.0 Å². The zero-order valence-electron chi connectivity index (χ0n) is 13.9. The molecule has 7 nitrogen and oxygen atoms in total. The normalized spacial score (nSPS) is 14.4. The number of hydrogen-bond acceptors (Lipinski definition) is 8. The molecule has 9 heteroatoms. The molecular weight excluding hydrogens is 436 g/mol. The van der Waals surface area contributed by atoms with Crippen molar-refractivity contribution in [3.05, 3.63) is 40.4 Å². The Morgan fingerprint density at radius 3 is 2.56 bits per heavy atom. The van der Waals surface area contributed by atoms with Crippen molar-refractivity contribution in [3.63, 3.8) is 0 Å². The van der Waals surface area contributed by atoms with E-state index in [2.05, 4.69) is 26.1 Å². The average molecular weight is 449 g/mol. The molecule has 0 radical (unpaired) electrons. The van der Waals surface area contributed by atoms with Crippen LogP contribution in [0.5, 0.6) is 23.0 Å². The molecule has 0 saturated carbocycles. The van der Waals surface area contributed by atoms with E-state index in [0.717, 1.165) is 32.8 Å². The van der Waals surface area contributed by atoms with Gasteiger partial charge in [0.25, 0.3) is 5.22 Å². The Hall–Kier alpha value is -2.39. The maximum absolute atomic E-state index is 5.78. The highest BCUT2D eigenvalue weighted by Gasteiger charge is 2.18. The lowest BCUT2D eigenvalue weighted by molar-refractivity contribution is 0.171. The van der Waals surface area contributed by atoms with Crippen LogP contribution in [0, 0.1) is 0 Å². The van der Waals surface area contributed by atoms with E-state index in [-0.39, 0.29) is 6.79 Å². The van der Waals surface area contributed by atoms with Gasteiger partial charge >= 0.3 is 0 Å². The van der Waals surface area contributed by atoms with Gasteiger partial charge in [-0.15, -0.1) is 10.2 Å². The fourth-order valence-corrected chi connectivity index (χ4v) is 4.17. The highest BCUT2D eigenvalue weighted by Crippen LogP contribution is 2.39. The first-order chi connectivity index (χ1) is 13.3. The third-order valence-electron chi connectivity index (χ3n) is 4.09. The first-order valence-electron chi connectivity index (χ1n) is 8.20. The second-order valence-corrected chi connectivity index (χ2v) is 7.60. The Balaban J connectivity index is 1.31. The maximum atomic E-state index is 5.78. The molecule has 0 unspecified atom stereocenters. The summed E-state index contributed by atoms with van der Waals surface area (Å²) in [6.07, 6.45) is 0. The molecule has 27 heavy (non-hydrogen) atoms. The fourth-order valence-electron chi connectivity index (χ4n) is 2.77. The van der Waals surface area contributed by atoms with Gasteiger partial charge in [0.05, 0.1) is 0 Å². The van der Waals surface area contributed by atoms with Crippen LogP contribution in [0.15, 0.2) is 44.4 Å². The molecule has 0 spiro atoms. The first-order valence-corrected chi connectivity index (χ1v) is 9.98. The van der Waals surface area contributed by atoms with E-state index >= 15 is 0 Å². The monoisotopic (exact) mass is 448 g/mol. The summed E-state index contributed by atoms with van der Waals surface area (Å²) in [4.78, 5) is 0. The number of fused-ring (bicyclic) bond motifs is 2. The Bertz CT molecular complexity index is 1010. The van der Waals surface area contributed by atoms with Crippen LogP contribution in [0.25, 0.3) is 11.5 Å². The lowest BCUT2D eigenvalue weighted by Crippen LogP contribution is -2.15. The second-order valence-electron chi connectivity index (χ2n) is 5.82. The molecule has 0 bridgehead atoms. The number of rotatable bonds is 4. The van der Waals surface area contributed by atoms with Gasteiger partial charge in [0.1, 0.15) is 13.2 Å². The summed E-state index contributed by atoms with van der Waals surface area (Å²) in [5.41, 5.74) is 1.85. The summed E-state index contributed by atoms with van der Waals surface area (Å²) in [6.45, 7) is 1.36. The number of benzene rings is 2. The Morgan fingerprint density at radius 2 is 1.67 bits per heavy atom. The SMILES string of the molecule is Brc1cc2c(cc1CSc1nnc(-c3ccc4c(c3)OCO4)o1)OCCO2.